The van der Waals surface area contributed by atoms with Gasteiger partial charge in [0, 0.05) is 6.54 Å². The Hall–Kier alpha value is -1.58. The van der Waals surface area contributed by atoms with Gasteiger partial charge < -0.3 is 10.5 Å². The summed E-state index contributed by atoms with van der Waals surface area (Å²) in [4.78, 5) is 0. The maximum Gasteiger partial charge on any atom is 0.434 e. The van der Waals surface area contributed by atoms with Crippen LogP contribution in [0.2, 0.25) is 0 Å². The Morgan fingerprint density at radius 2 is 1.35 bits per heavy atom. The number of benzene rings is 1. The molecule has 0 bridgehead atoms. The largest absolute Gasteiger partial charge is 0.465 e. The zero-order valence-corrected chi connectivity index (χ0v) is 9.45. The van der Waals surface area contributed by atoms with Crippen LogP contribution in [0.1, 0.15) is 5.56 Å². The maximum atomic E-state index is 13.3. The van der Waals surface area contributed by atoms with Crippen molar-refractivity contribution in [2.45, 2.75) is 25.0 Å². The number of nitrogens with two attached hydrogens (primary N) is 1. The second kappa shape index (κ2) is 5.43. The van der Waals surface area contributed by atoms with Gasteiger partial charge in [0.25, 0.3) is 6.10 Å². The lowest BCUT2D eigenvalue weighted by Gasteiger charge is -2.24. The fourth-order valence-corrected chi connectivity index (χ4v) is 1.28. The number of hydrogen-bond acceptors (Lipinski definition) is 2. The molecule has 0 aromatic heterocycles. The van der Waals surface area contributed by atoms with Crippen molar-refractivity contribution in [2.75, 3.05) is 0 Å². The van der Waals surface area contributed by atoms with Crippen LogP contribution in [0.3, 0.4) is 0 Å². The van der Waals surface area contributed by atoms with Gasteiger partial charge in [-0.1, -0.05) is 0 Å². The van der Waals surface area contributed by atoms with Crippen LogP contribution in [0.5, 0.6) is 5.75 Å². The first-order chi connectivity index (χ1) is 8.96. The topological polar surface area (TPSA) is 35.2 Å². The fraction of sp³-hybridized carbons (Fsp3) is 0.400. The quantitative estimate of drug-likeness (QED) is 0.870. The average molecular weight is 309 g/mol. The second-order valence-electron chi connectivity index (χ2n) is 3.67. The van der Waals surface area contributed by atoms with E-state index in [1.54, 1.807) is 0 Å². The van der Waals surface area contributed by atoms with Gasteiger partial charge in [-0.05, 0) is 17.7 Å². The van der Waals surface area contributed by atoms with Crippen molar-refractivity contribution in [2.24, 2.45) is 5.73 Å². The summed E-state index contributed by atoms with van der Waals surface area (Å²) in [6, 6.07) is 0.977. The minimum atomic E-state index is -5.87. The lowest BCUT2D eigenvalue weighted by Crippen LogP contribution is -2.46. The van der Waals surface area contributed by atoms with Gasteiger partial charge in [0.05, 0.1) is 0 Å². The summed E-state index contributed by atoms with van der Waals surface area (Å²) in [5, 5.41) is 0. The Labute approximate surface area is 107 Å². The zero-order valence-electron chi connectivity index (χ0n) is 9.45. The third kappa shape index (κ3) is 3.71. The van der Waals surface area contributed by atoms with Crippen LogP contribution in [0.25, 0.3) is 0 Å². The van der Waals surface area contributed by atoms with E-state index < -0.39 is 35.8 Å². The standard InChI is InChI=1S/C10H7F8NO/c11-5-1-4(3-19)2-6(12)7(5)20-8(9(13,14)15)10(16,17)18/h1-2,8H,3,19H2. The van der Waals surface area contributed by atoms with Gasteiger partial charge >= 0.3 is 12.4 Å². The van der Waals surface area contributed by atoms with Crippen LogP contribution in [0, 0.1) is 11.6 Å². The molecule has 0 aliphatic carbocycles. The molecule has 0 saturated carbocycles. The minimum Gasteiger partial charge on any atom is -0.465 e. The third-order valence-electron chi connectivity index (χ3n) is 2.12. The molecule has 10 heteroatoms. The van der Waals surface area contributed by atoms with Crippen molar-refractivity contribution in [1.29, 1.82) is 0 Å². The van der Waals surface area contributed by atoms with Crippen molar-refractivity contribution in [1.82, 2.24) is 0 Å². The van der Waals surface area contributed by atoms with Crippen LogP contribution >= 0.6 is 0 Å². The Kier molecular flexibility index (Phi) is 4.47. The summed E-state index contributed by atoms with van der Waals surface area (Å²) < 4.78 is 103. The van der Waals surface area contributed by atoms with Gasteiger partial charge in [-0.15, -0.1) is 0 Å². The second-order valence-corrected chi connectivity index (χ2v) is 3.67. The first-order valence-corrected chi connectivity index (χ1v) is 4.95. The highest BCUT2D eigenvalue weighted by molar-refractivity contribution is 5.31. The zero-order chi connectivity index (χ0) is 15.7. The highest BCUT2D eigenvalue weighted by atomic mass is 19.4. The fourth-order valence-electron chi connectivity index (χ4n) is 1.28. The van der Waals surface area contributed by atoms with E-state index in [-0.39, 0.29) is 12.1 Å². The number of hydrogen-bond donors (Lipinski definition) is 1. The van der Waals surface area contributed by atoms with Crippen LogP contribution in [-0.4, -0.2) is 18.5 Å². The number of ether oxygens (including phenoxy) is 1. The van der Waals surface area contributed by atoms with E-state index in [1.165, 1.54) is 0 Å². The molecule has 1 aromatic carbocycles. The van der Waals surface area contributed by atoms with Crippen LogP contribution in [0.15, 0.2) is 12.1 Å². The normalized spacial score (nSPS) is 12.9. The van der Waals surface area contributed by atoms with Crippen LogP contribution < -0.4 is 10.5 Å². The van der Waals surface area contributed by atoms with Crippen LogP contribution in [0.4, 0.5) is 35.1 Å². The van der Waals surface area contributed by atoms with Gasteiger partial charge in [-0.25, -0.2) is 8.78 Å². The van der Waals surface area contributed by atoms with E-state index in [9.17, 15) is 35.1 Å². The van der Waals surface area contributed by atoms with Crippen molar-refractivity contribution in [3.05, 3.63) is 29.3 Å². The summed E-state index contributed by atoms with van der Waals surface area (Å²) in [5.74, 6) is -5.17. The summed E-state index contributed by atoms with van der Waals surface area (Å²) >= 11 is 0. The molecule has 0 heterocycles. The van der Waals surface area contributed by atoms with Gasteiger partial charge in [0.1, 0.15) is 0 Å². The van der Waals surface area contributed by atoms with Gasteiger partial charge in [0.15, 0.2) is 17.4 Å². The average Bonchev–Trinajstić information content (AvgIpc) is 2.23. The number of rotatable bonds is 3. The smallest absolute Gasteiger partial charge is 0.434 e. The molecular formula is C10H7F8NO. The van der Waals surface area contributed by atoms with Crippen molar-refractivity contribution in [3.63, 3.8) is 0 Å². The van der Waals surface area contributed by atoms with Gasteiger partial charge in [-0.3, -0.25) is 0 Å². The van der Waals surface area contributed by atoms with Crippen LogP contribution in [-0.2, 0) is 6.54 Å². The third-order valence-corrected chi connectivity index (χ3v) is 2.12. The number of halogens is 8. The highest BCUT2D eigenvalue weighted by Gasteiger charge is 2.59. The highest BCUT2D eigenvalue weighted by Crippen LogP contribution is 2.38. The molecular weight excluding hydrogens is 302 g/mol. The Morgan fingerprint density at radius 1 is 0.950 bits per heavy atom. The molecule has 1 rings (SSSR count). The summed E-state index contributed by atoms with van der Waals surface area (Å²) in [6.07, 6.45) is -16.1. The Morgan fingerprint density at radius 3 is 1.65 bits per heavy atom. The molecule has 20 heavy (non-hydrogen) atoms. The lowest BCUT2D eigenvalue weighted by molar-refractivity contribution is -0.300. The summed E-state index contributed by atoms with van der Waals surface area (Å²) in [5.41, 5.74) is 4.89. The molecule has 0 spiro atoms. The van der Waals surface area contributed by atoms with E-state index in [1.807, 2.05) is 0 Å². The first-order valence-electron chi connectivity index (χ1n) is 4.95. The molecule has 0 radical (unpaired) electrons. The Balaban J connectivity index is 3.19. The predicted octanol–water partition coefficient (Wildman–Crippen LogP) is 3.30. The monoisotopic (exact) mass is 309 g/mol. The Bertz CT molecular complexity index is 444. The van der Waals surface area contributed by atoms with E-state index in [0.717, 1.165) is 0 Å². The first kappa shape index (κ1) is 16.5. The van der Waals surface area contributed by atoms with E-state index in [2.05, 4.69) is 4.74 Å². The van der Waals surface area contributed by atoms with Gasteiger partial charge in [-0.2, -0.15) is 26.3 Å². The molecule has 0 atom stereocenters. The molecule has 114 valence electrons. The molecule has 0 aliphatic heterocycles. The lowest BCUT2D eigenvalue weighted by atomic mass is 10.2. The molecule has 2 nitrogen and oxygen atoms in total. The molecule has 0 amide bonds. The minimum absolute atomic E-state index is 0.150. The number of alkyl halides is 6. The summed E-state index contributed by atoms with van der Waals surface area (Å²) in [7, 11) is 0. The predicted molar refractivity (Wildman–Crippen MR) is 50.8 cm³/mol. The van der Waals surface area contributed by atoms with Crippen molar-refractivity contribution >= 4 is 0 Å². The SMILES string of the molecule is NCc1cc(F)c(OC(C(F)(F)F)C(F)(F)F)c(F)c1. The molecule has 0 unspecified atom stereocenters. The molecule has 0 fully saturated rings. The van der Waals surface area contributed by atoms with E-state index in [4.69, 9.17) is 5.73 Å². The molecule has 0 saturated heterocycles. The molecule has 1 aromatic rings. The van der Waals surface area contributed by atoms with Gasteiger partial charge in [0.2, 0.25) is 0 Å². The van der Waals surface area contributed by atoms with E-state index in [0.29, 0.717) is 12.1 Å². The van der Waals surface area contributed by atoms with Crippen molar-refractivity contribution in [3.8, 4) is 5.75 Å². The van der Waals surface area contributed by atoms with Crippen molar-refractivity contribution < 1.29 is 39.9 Å². The molecule has 2 N–H and O–H groups in total. The van der Waals surface area contributed by atoms with E-state index >= 15 is 0 Å². The molecule has 0 aliphatic rings. The summed E-state index contributed by atoms with van der Waals surface area (Å²) in [6.45, 7) is -0.351. The maximum absolute atomic E-state index is 13.3.